The molecule has 0 aromatic carbocycles. The minimum absolute atomic E-state index is 0.301. The van der Waals surface area contributed by atoms with Crippen LogP contribution in [0.25, 0.3) is 0 Å². The lowest BCUT2D eigenvalue weighted by Crippen LogP contribution is -2.31. The molecule has 20 heavy (non-hydrogen) atoms. The predicted molar refractivity (Wildman–Crippen MR) is 86.0 cm³/mol. The number of aromatic nitrogens is 1. The molecular weight excluding hydrogens is 246 g/mol. The molecule has 2 heterocycles. The third-order valence-electron chi connectivity index (χ3n) is 3.88. The van der Waals surface area contributed by atoms with E-state index in [1.807, 2.05) is 6.20 Å². The number of pyridine rings is 1. The Kier molecular flexibility index (Phi) is 4.81. The van der Waals surface area contributed by atoms with Crippen molar-refractivity contribution in [1.29, 1.82) is 0 Å². The van der Waals surface area contributed by atoms with Crippen LogP contribution in [0.15, 0.2) is 30.0 Å². The average Bonchev–Trinajstić information content (AvgIpc) is 2.45. The molecule has 0 fully saturated rings. The quantitative estimate of drug-likeness (QED) is 0.853. The van der Waals surface area contributed by atoms with Gasteiger partial charge in [0.1, 0.15) is 5.82 Å². The van der Waals surface area contributed by atoms with Crippen molar-refractivity contribution in [1.82, 2.24) is 10.3 Å². The normalized spacial score (nSPS) is 16.2. The van der Waals surface area contributed by atoms with Crippen LogP contribution in [0.1, 0.15) is 39.7 Å². The molecule has 3 nitrogen and oxygen atoms in total. The first-order valence-electron chi connectivity index (χ1n) is 7.61. The van der Waals surface area contributed by atoms with Crippen LogP contribution in [0.5, 0.6) is 0 Å². The Hall–Kier alpha value is -1.35. The van der Waals surface area contributed by atoms with Crippen LogP contribution in [-0.4, -0.2) is 24.6 Å². The van der Waals surface area contributed by atoms with E-state index in [-0.39, 0.29) is 0 Å². The SMILES string of the molecule is CCNCc1ccc(N2CC=C(C(C)(C)C)CC2)nc1. The summed E-state index contributed by atoms with van der Waals surface area (Å²) >= 11 is 0. The first-order valence-corrected chi connectivity index (χ1v) is 7.61. The van der Waals surface area contributed by atoms with Gasteiger partial charge in [0.25, 0.3) is 0 Å². The number of rotatable bonds is 4. The maximum Gasteiger partial charge on any atom is 0.128 e. The Morgan fingerprint density at radius 3 is 2.60 bits per heavy atom. The van der Waals surface area contributed by atoms with Crippen molar-refractivity contribution in [2.24, 2.45) is 5.41 Å². The summed E-state index contributed by atoms with van der Waals surface area (Å²) in [5.41, 5.74) is 3.12. The molecule has 0 bridgehead atoms. The van der Waals surface area contributed by atoms with Gasteiger partial charge in [-0.25, -0.2) is 4.98 Å². The Bertz CT molecular complexity index is 454. The molecule has 3 heteroatoms. The Morgan fingerprint density at radius 1 is 1.30 bits per heavy atom. The minimum Gasteiger partial charge on any atom is -0.353 e. The fraction of sp³-hybridized carbons (Fsp3) is 0.588. The number of hydrogen-bond donors (Lipinski definition) is 1. The first-order chi connectivity index (χ1) is 9.50. The minimum atomic E-state index is 0.301. The number of hydrogen-bond acceptors (Lipinski definition) is 3. The van der Waals surface area contributed by atoms with E-state index in [4.69, 9.17) is 0 Å². The third kappa shape index (κ3) is 3.83. The van der Waals surface area contributed by atoms with E-state index in [1.54, 1.807) is 5.57 Å². The van der Waals surface area contributed by atoms with Gasteiger partial charge in [0.2, 0.25) is 0 Å². The van der Waals surface area contributed by atoms with E-state index in [1.165, 1.54) is 5.56 Å². The molecule has 0 unspecified atom stereocenters. The van der Waals surface area contributed by atoms with E-state index in [0.717, 1.165) is 38.4 Å². The van der Waals surface area contributed by atoms with E-state index in [2.05, 4.69) is 61.1 Å². The molecule has 1 aliphatic heterocycles. The summed E-state index contributed by atoms with van der Waals surface area (Å²) in [5.74, 6) is 1.09. The van der Waals surface area contributed by atoms with Crippen LogP contribution in [0, 0.1) is 5.41 Å². The summed E-state index contributed by atoms with van der Waals surface area (Å²) in [6.07, 6.45) is 5.50. The van der Waals surface area contributed by atoms with E-state index in [0.29, 0.717) is 5.41 Å². The summed E-state index contributed by atoms with van der Waals surface area (Å²) in [6, 6.07) is 4.32. The second-order valence-corrected chi connectivity index (χ2v) is 6.48. The number of nitrogens with one attached hydrogen (secondary N) is 1. The zero-order chi connectivity index (χ0) is 14.6. The van der Waals surface area contributed by atoms with Gasteiger partial charge in [0, 0.05) is 25.8 Å². The monoisotopic (exact) mass is 273 g/mol. The standard InChI is InChI=1S/C17H27N3/c1-5-18-12-14-6-7-16(19-13-14)20-10-8-15(9-11-20)17(2,3)4/h6-8,13,18H,5,9-12H2,1-4H3. The Labute approximate surface area is 123 Å². The van der Waals surface area contributed by atoms with Crippen molar-refractivity contribution in [3.63, 3.8) is 0 Å². The highest BCUT2D eigenvalue weighted by Crippen LogP contribution is 2.31. The van der Waals surface area contributed by atoms with E-state index >= 15 is 0 Å². The second-order valence-electron chi connectivity index (χ2n) is 6.48. The number of nitrogens with zero attached hydrogens (tertiary/aromatic N) is 2. The molecule has 0 radical (unpaired) electrons. The fourth-order valence-electron chi connectivity index (χ4n) is 2.54. The summed E-state index contributed by atoms with van der Waals surface area (Å²) < 4.78 is 0. The van der Waals surface area contributed by atoms with Gasteiger partial charge in [-0.3, -0.25) is 0 Å². The van der Waals surface area contributed by atoms with Crippen molar-refractivity contribution in [2.75, 3.05) is 24.5 Å². The van der Waals surface area contributed by atoms with Crippen molar-refractivity contribution >= 4 is 5.82 Å². The molecule has 1 aromatic rings. The molecule has 110 valence electrons. The van der Waals surface area contributed by atoms with E-state index in [9.17, 15) is 0 Å². The molecule has 0 saturated carbocycles. The van der Waals surface area contributed by atoms with Gasteiger partial charge < -0.3 is 10.2 Å². The molecule has 1 N–H and O–H groups in total. The molecule has 0 saturated heterocycles. The lowest BCUT2D eigenvalue weighted by molar-refractivity contribution is 0.472. The van der Waals surface area contributed by atoms with Gasteiger partial charge in [0.05, 0.1) is 0 Å². The lowest BCUT2D eigenvalue weighted by Gasteiger charge is -2.32. The molecule has 0 spiro atoms. The summed E-state index contributed by atoms with van der Waals surface area (Å²) in [7, 11) is 0. The zero-order valence-electron chi connectivity index (χ0n) is 13.2. The van der Waals surface area contributed by atoms with Gasteiger partial charge in [-0.2, -0.15) is 0 Å². The molecule has 0 aliphatic carbocycles. The van der Waals surface area contributed by atoms with E-state index < -0.39 is 0 Å². The van der Waals surface area contributed by atoms with Crippen LogP contribution >= 0.6 is 0 Å². The Balaban J connectivity index is 1.98. The highest BCUT2D eigenvalue weighted by atomic mass is 15.2. The van der Waals surface area contributed by atoms with Gasteiger partial charge in [-0.05, 0) is 30.0 Å². The summed E-state index contributed by atoms with van der Waals surface area (Å²) in [5, 5.41) is 3.32. The first kappa shape index (κ1) is 15.0. The maximum atomic E-state index is 4.60. The van der Waals surface area contributed by atoms with Crippen molar-refractivity contribution in [3.05, 3.63) is 35.5 Å². The number of anilines is 1. The van der Waals surface area contributed by atoms with Gasteiger partial charge in [0.15, 0.2) is 0 Å². The molecule has 1 aromatic heterocycles. The van der Waals surface area contributed by atoms with Crippen LogP contribution in [-0.2, 0) is 6.54 Å². The van der Waals surface area contributed by atoms with Gasteiger partial charge >= 0.3 is 0 Å². The lowest BCUT2D eigenvalue weighted by atomic mass is 9.83. The highest BCUT2D eigenvalue weighted by Gasteiger charge is 2.21. The third-order valence-corrected chi connectivity index (χ3v) is 3.88. The average molecular weight is 273 g/mol. The van der Waals surface area contributed by atoms with Crippen molar-refractivity contribution in [3.8, 4) is 0 Å². The molecule has 0 atom stereocenters. The van der Waals surface area contributed by atoms with Crippen LogP contribution in [0.2, 0.25) is 0 Å². The topological polar surface area (TPSA) is 28.2 Å². The predicted octanol–water partition coefficient (Wildman–Crippen LogP) is 3.37. The van der Waals surface area contributed by atoms with Gasteiger partial charge in [-0.15, -0.1) is 0 Å². The van der Waals surface area contributed by atoms with Crippen LogP contribution < -0.4 is 10.2 Å². The molecule has 2 rings (SSSR count). The smallest absolute Gasteiger partial charge is 0.128 e. The summed E-state index contributed by atoms with van der Waals surface area (Å²) in [4.78, 5) is 6.95. The largest absolute Gasteiger partial charge is 0.353 e. The van der Waals surface area contributed by atoms with Crippen LogP contribution in [0.3, 0.4) is 0 Å². The van der Waals surface area contributed by atoms with Crippen LogP contribution in [0.4, 0.5) is 5.82 Å². The molecule has 0 amide bonds. The summed E-state index contributed by atoms with van der Waals surface area (Å²) in [6.45, 7) is 12.9. The highest BCUT2D eigenvalue weighted by molar-refractivity contribution is 5.42. The second kappa shape index (κ2) is 6.40. The van der Waals surface area contributed by atoms with Crippen molar-refractivity contribution < 1.29 is 0 Å². The maximum absolute atomic E-state index is 4.60. The Morgan fingerprint density at radius 2 is 2.10 bits per heavy atom. The van der Waals surface area contributed by atoms with Crippen molar-refractivity contribution in [2.45, 2.75) is 40.7 Å². The molecule has 1 aliphatic rings. The zero-order valence-corrected chi connectivity index (χ0v) is 13.2. The molecular formula is C17H27N3. The fourth-order valence-corrected chi connectivity index (χ4v) is 2.54. The van der Waals surface area contributed by atoms with Gasteiger partial charge in [-0.1, -0.05) is 45.4 Å².